The lowest BCUT2D eigenvalue weighted by Gasteiger charge is -2.11. The van der Waals surface area contributed by atoms with Crippen molar-refractivity contribution in [2.24, 2.45) is 0 Å². The molecular formula is C17H13FN2O3. The minimum absolute atomic E-state index is 0.124. The molecule has 0 bridgehead atoms. The number of nitrogens with zero attached hydrogens (tertiary/aromatic N) is 1. The fourth-order valence-corrected chi connectivity index (χ4v) is 2.24. The number of aromatic nitrogens is 2. The molecule has 1 N–H and O–H groups in total. The fourth-order valence-electron chi connectivity index (χ4n) is 2.24. The summed E-state index contributed by atoms with van der Waals surface area (Å²) < 4.78 is 18.1. The van der Waals surface area contributed by atoms with Gasteiger partial charge in [0, 0.05) is 10.9 Å². The lowest BCUT2D eigenvalue weighted by Crippen LogP contribution is -2.24. The van der Waals surface area contributed by atoms with Crippen LogP contribution in [-0.4, -0.2) is 28.1 Å². The average molecular weight is 312 g/mol. The molecule has 0 spiro atoms. The molecule has 0 fully saturated rings. The number of hydrogen-bond acceptors (Lipinski definition) is 4. The smallest absolute Gasteiger partial charge is 0.360 e. The molecule has 2 aromatic carbocycles. The van der Waals surface area contributed by atoms with Gasteiger partial charge in [-0.2, -0.15) is 5.10 Å². The van der Waals surface area contributed by atoms with Gasteiger partial charge in [0.1, 0.15) is 5.82 Å². The Morgan fingerprint density at radius 3 is 2.57 bits per heavy atom. The number of carbonyl (C=O) groups is 2. The van der Waals surface area contributed by atoms with Crippen LogP contribution in [0.2, 0.25) is 0 Å². The first kappa shape index (κ1) is 14.9. The zero-order valence-corrected chi connectivity index (χ0v) is 12.2. The number of nitrogens with one attached hydrogen (secondary N) is 1. The van der Waals surface area contributed by atoms with Gasteiger partial charge in [0.05, 0.1) is 5.52 Å². The van der Waals surface area contributed by atoms with Gasteiger partial charge >= 0.3 is 5.97 Å². The molecule has 1 heterocycles. The van der Waals surface area contributed by atoms with Crippen LogP contribution in [-0.2, 0) is 4.74 Å². The van der Waals surface area contributed by atoms with Gasteiger partial charge < -0.3 is 4.74 Å². The quantitative estimate of drug-likeness (QED) is 0.593. The van der Waals surface area contributed by atoms with Crippen LogP contribution in [0.4, 0.5) is 4.39 Å². The Bertz CT molecular complexity index is 871. The molecule has 116 valence electrons. The van der Waals surface area contributed by atoms with E-state index in [4.69, 9.17) is 4.74 Å². The Kier molecular flexibility index (Phi) is 3.89. The van der Waals surface area contributed by atoms with E-state index in [1.54, 1.807) is 18.2 Å². The molecule has 0 aliphatic rings. The number of carbonyl (C=O) groups excluding carboxylic acids is 2. The minimum atomic E-state index is -0.997. The van der Waals surface area contributed by atoms with Gasteiger partial charge in [0.25, 0.3) is 0 Å². The van der Waals surface area contributed by atoms with Crippen molar-refractivity contribution < 1.29 is 18.7 Å². The summed E-state index contributed by atoms with van der Waals surface area (Å²) in [5, 5.41) is 7.29. The van der Waals surface area contributed by atoms with Gasteiger partial charge in [0.15, 0.2) is 11.8 Å². The summed E-state index contributed by atoms with van der Waals surface area (Å²) in [7, 11) is 0. The van der Waals surface area contributed by atoms with Crippen molar-refractivity contribution in [2.45, 2.75) is 13.0 Å². The van der Waals surface area contributed by atoms with Crippen LogP contribution < -0.4 is 0 Å². The van der Waals surface area contributed by atoms with Crippen molar-refractivity contribution in [3.05, 3.63) is 65.6 Å². The van der Waals surface area contributed by atoms with Crippen molar-refractivity contribution in [1.29, 1.82) is 0 Å². The number of hydrogen-bond donors (Lipinski definition) is 1. The lowest BCUT2D eigenvalue weighted by atomic mass is 10.1. The van der Waals surface area contributed by atoms with Crippen LogP contribution >= 0.6 is 0 Å². The summed E-state index contributed by atoms with van der Waals surface area (Å²) in [6.07, 6.45) is -0.997. The van der Waals surface area contributed by atoms with E-state index in [2.05, 4.69) is 10.2 Å². The third-order valence-corrected chi connectivity index (χ3v) is 3.45. The number of H-pyrrole nitrogens is 1. The summed E-state index contributed by atoms with van der Waals surface area (Å²) in [6.45, 7) is 1.47. The molecule has 5 nitrogen and oxygen atoms in total. The predicted molar refractivity (Wildman–Crippen MR) is 81.7 cm³/mol. The molecular weight excluding hydrogens is 299 g/mol. The van der Waals surface area contributed by atoms with Gasteiger partial charge in [-0.1, -0.05) is 18.2 Å². The number of rotatable bonds is 4. The summed E-state index contributed by atoms with van der Waals surface area (Å²) in [4.78, 5) is 24.4. The highest BCUT2D eigenvalue weighted by Gasteiger charge is 2.23. The Hall–Kier alpha value is -3.02. The first-order valence-electron chi connectivity index (χ1n) is 7.00. The zero-order valence-electron chi connectivity index (χ0n) is 12.2. The molecule has 1 atom stereocenters. The summed E-state index contributed by atoms with van der Waals surface area (Å²) in [6, 6.07) is 12.2. The molecule has 0 aliphatic heterocycles. The van der Waals surface area contributed by atoms with Crippen LogP contribution in [0.5, 0.6) is 0 Å². The van der Waals surface area contributed by atoms with Crippen molar-refractivity contribution in [2.75, 3.05) is 0 Å². The number of fused-ring (bicyclic) bond motifs is 1. The number of aromatic amines is 1. The molecule has 0 saturated heterocycles. The Balaban J connectivity index is 1.77. The first-order chi connectivity index (χ1) is 11.1. The second-order valence-electron chi connectivity index (χ2n) is 5.04. The third kappa shape index (κ3) is 2.96. The van der Waals surface area contributed by atoms with Gasteiger partial charge in [0.2, 0.25) is 5.78 Å². The Labute approximate surface area is 131 Å². The van der Waals surface area contributed by atoms with Crippen LogP contribution in [0.3, 0.4) is 0 Å². The SMILES string of the molecule is C[C@H](OC(=O)c1n[nH]c2ccccc12)C(=O)c1ccc(F)cc1. The summed E-state index contributed by atoms with van der Waals surface area (Å²) in [5.41, 5.74) is 1.11. The predicted octanol–water partition coefficient (Wildman–Crippen LogP) is 3.13. The van der Waals surface area contributed by atoms with Crippen molar-refractivity contribution in [3.63, 3.8) is 0 Å². The second-order valence-corrected chi connectivity index (χ2v) is 5.04. The number of esters is 1. The maximum absolute atomic E-state index is 12.9. The topological polar surface area (TPSA) is 72.0 Å². The second kappa shape index (κ2) is 6.00. The van der Waals surface area contributed by atoms with Crippen molar-refractivity contribution in [3.8, 4) is 0 Å². The maximum Gasteiger partial charge on any atom is 0.360 e. The van der Waals surface area contributed by atoms with E-state index in [1.807, 2.05) is 6.07 Å². The maximum atomic E-state index is 12.9. The fraction of sp³-hybridized carbons (Fsp3) is 0.118. The number of benzene rings is 2. The van der Waals surface area contributed by atoms with Crippen LogP contribution in [0.1, 0.15) is 27.8 Å². The molecule has 6 heteroatoms. The highest BCUT2D eigenvalue weighted by atomic mass is 19.1. The van der Waals surface area contributed by atoms with Gasteiger partial charge in [-0.25, -0.2) is 9.18 Å². The van der Waals surface area contributed by atoms with Gasteiger partial charge in [-0.05, 0) is 37.3 Å². The van der Waals surface area contributed by atoms with Crippen LogP contribution in [0.15, 0.2) is 48.5 Å². The molecule has 3 rings (SSSR count). The molecule has 0 aliphatic carbocycles. The molecule has 23 heavy (non-hydrogen) atoms. The largest absolute Gasteiger partial charge is 0.449 e. The van der Waals surface area contributed by atoms with E-state index < -0.39 is 23.7 Å². The monoisotopic (exact) mass is 312 g/mol. The molecule has 0 unspecified atom stereocenters. The lowest BCUT2D eigenvalue weighted by molar-refractivity contribution is 0.0315. The Morgan fingerprint density at radius 1 is 1.13 bits per heavy atom. The van der Waals surface area contributed by atoms with E-state index in [0.29, 0.717) is 10.9 Å². The normalized spacial score (nSPS) is 12.1. The highest BCUT2D eigenvalue weighted by Crippen LogP contribution is 2.17. The van der Waals surface area contributed by atoms with Crippen LogP contribution in [0.25, 0.3) is 10.9 Å². The number of halogens is 1. The molecule has 1 aromatic heterocycles. The Morgan fingerprint density at radius 2 is 1.83 bits per heavy atom. The molecule has 0 amide bonds. The molecule has 0 saturated carbocycles. The third-order valence-electron chi connectivity index (χ3n) is 3.45. The average Bonchev–Trinajstić information content (AvgIpc) is 2.99. The molecule has 0 radical (unpaired) electrons. The van der Waals surface area contributed by atoms with Crippen molar-refractivity contribution >= 4 is 22.7 Å². The van der Waals surface area contributed by atoms with Crippen LogP contribution in [0, 0.1) is 5.82 Å². The van der Waals surface area contributed by atoms with E-state index >= 15 is 0 Å². The molecule has 3 aromatic rings. The summed E-state index contributed by atoms with van der Waals surface area (Å²) >= 11 is 0. The number of ether oxygens (including phenoxy) is 1. The highest BCUT2D eigenvalue weighted by molar-refractivity contribution is 6.04. The first-order valence-corrected chi connectivity index (χ1v) is 7.00. The van der Waals surface area contributed by atoms with Gasteiger partial charge in [-0.15, -0.1) is 0 Å². The van der Waals surface area contributed by atoms with Crippen molar-refractivity contribution in [1.82, 2.24) is 10.2 Å². The van der Waals surface area contributed by atoms with E-state index in [-0.39, 0.29) is 11.3 Å². The minimum Gasteiger partial charge on any atom is -0.449 e. The summed E-state index contributed by atoms with van der Waals surface area (Å²) in [5.74, 6) is -1.53. The van der Waals surface area contributed by atoms with E-state index in [1.165, 1.54) is 31.2 Å². The number of para-hydroxylation sites is 1. The standard InChI is InChI=1S/C17H13FN2O3/c1-10(16(21)11-6-8-12(18)9-7-11)23-17(22)15-13-4-2-3-5-14(13)19-20-15/h2-10H,1H3,(H,19,20)/t10-/m0/s1. The van der Waals surface area contributed by atoms with E-state index in [0.717, 1.165) is 0 Å². The zero-order chi connectivity index (χ0) is 16.4. The van der Waals surface area contributed by atoms with Gasteiger partial charge in [-0.3, -0.25) is 9.89 Å². The number of Topliss-reactive ketones (excluding diaryl/α,β-unsaturated/α-hetero) is 1. The number of ketones is 1. The van der Waals surface area contributed by atoms with E-state index in [9.17, 15) is 14.0 Å².